The first kappa shape index (κ1) is 17.8. The summed E-state index contributed by atoms with van der Waals surface area (Å²) in [6.45, 7) is 1.25. The highest BCUT2D eigenvalue weighted by Gasteiger charge is 2.18. The van der Waals surface area contributed by atoms with Gasteiger partial charge in [-0.15, -0.1) is 0 Å². The molecular formula is C12H18N6O5S. The van der Waals surface area contributed by atoms with Gasteiger partial charge >= 0.3 is 5.95 Å². The number of nitrogens with zero attached hydrogens (tertiary/aromatic N) is 4. The van der Waals surface area contributed by atoms with Crippen LogP contribution < -0.4 is 10.9 Å². The zero-order valence-corrected chi connectivity index (χ0v) is 13.9. The van der Waals surface area contributed by atoms with Crippen LogP contribution in [0.4, 0.5) is 5.82 Å². The third-order valence-electron chi connectivity index (χ3n) is 2.91. The van der Waals surface area contributed by atoms with Crippen molar-refractivity contribution in [1.82, 2.24) is 19.5 Å². The lowest BCUT2D eigenvalue weighted by atomic mass is 10.5. The Labute approximate surface area is 138 Å². The van der Waals surface area contributed by atoms with Crippen molar-refractivity contribution in [2.45, 2.75) is 13.2 Å². The number of hydrogen-bond acceptors (Lipinski definition) is 9. The summed E-state index contributed by atoms with van der Waals surface area (Å²) in [5.74, 6) is 2.69. The molecule has 0 bridgehead atoms. The maximum atomic E-state index is 11.3. The number of aromatic nitrogens is 4. The summed E-state index contributed by atoms with van der Waals surface area (Å²) in [5.41, 5.74) is 6.57. The van der Waals surface area contributed by atoms with Gasteiger partial charge in [-0.1, -0.05) is 0 Å². The lowest BCUT2D eigenvalue weighted by molar-refractivity contribution is 0.0205. The molecular weight excluding hydrogens is 340 g/mol. The summed E-state index contributed by atoms with van der Waals surface area (Å²) in [7, 11) is -2.00. The summed E-state index contributed by atoms with van der Waals surface area (Å²) in [4.78, 5) is 12.1. The predicted molar refractivity (Wildman–Crippen MR) is 87.6 cm³/mol. The lowest BCUT2D eigenvalue weighted by Gasteiger charge is -2.19. The topological polar surface area (TPSA) is 161 Å². The molecule has 2 rings (SSSR count). The Balaban J connectivity index is 2.26. The van der Waals surface area contributed by atoms with E-state index in [-0.39, 0.29) is 11.6 Å². The molecule has 2 aromatic rings. The Morgan fingerprint density at radius 2 is 2.21 bits per heavy atom. The molecule has 0 radical (unpaired) electrons. The standard InChI is InChI=1S/C12H18N6O5S/c1-7(18-6-17-9-10(13)15-5-16-11(9)18)23-8(12(19)21-2)4-22-24(3,14)20/h5-7,19H,3-4H2,1-2H3,(H2,14,20)(H2,13,15,16)/b12-8-. The Hall–Kier alpha value is -2.57. The van der Waals surface area contributed by atoms with Gasteiger partial charge in [0.05, 0.1) is 7.11 Å². The van der Waals surface area contributed by atoms with Crippen molar-refractivity contribution in [3.05, 3.63) is 24.4 Å². The molecule has 2 aromatic heterocycles. The first-order chi connectivity index (χ1) is 11.2. The minimum atomic E-state index is -3.23. The molecule has 0 saturated heterocycles. The second kappa shape index (κ2) is 6.90. The molecule has 12 heteroatoms. The number of aliphatic hydroxyl groups is 1. The molecule has 2 heterocycles. The van der Waals surface area contributed by atoms with Gasteiger partial charge in [0.25, 0.3) is 0 Å². The zero-order valence-electron chi connectivity index (χ0n) is 13.1. The van der Waals surface area contributed by atoms with Gasteiger partial charge in [-0.3, -0.25) is 8.75 Å². The van der Waals surface area contributed by atoms with Crippen LogP contribution in [-0.2, 0) is 23.6 Å². The fourth-order valence-electron chi connectivity index (χ4n) is 1.81. The van der Waals surface area contributed by atoms with Gasteiger partial charge in [0.15, 0.2) is 17.7 Å². The number of nitrogen functional groups attached to an aromatic ring is 1. The molecule has 0 amide bonds. The van der Waals surface area contributed by atoms with Crippen LogP contribution in [0.1, 0.15) is 13.2 Å². The van der Waals surface area contributed by atoms with Crippen LogP contribution in [0.15, 0.2) is 24.4 Å². The van der Waals surface area contributed by atoms with E-state index >= 15 is 0 Å². The fourth-order valence-corrected chi connectivity index (χ4v) is 2.12. The second-order valence-corrected chi connectivity index (χ2v) is 6.22. The molecule has 132 valence electrons. The van der Waals surface area contributed by atoms with Gasteiger partial charge in [0.1, 0.15) is 34.8 Å². The van der Waals surface area contributed by atoms with Crippen LogP contribution in [0, 0.1) is 0 Å². The second-order valence-electron chi connectivity index (χ2n) is 4.66. The maximum Gasteiger partial charge on any atom is 0.318 e. The summed E-state index contributed by atoms with van der Waals surface area (Å²) in [6.07, 6.45) is 2.07. The average molecular weight is 358 g/mol. The van der Waals surface area contributed by atoms with Gasteiger partial charge in [-0.05, 0) is 12.8 Å². The highest BCUT2D eigenvalue weighted by Crippen LogP contribution is 2.22. The van der Waals surface area contributed by atoms with Crippen LogP contribution in [0.3, 0.4) is 0 Å². The minimum absolute atomic E-state index is 0.129. The van der Waals surface area contributed by atoms with Crippen LogP contribution in [-0.4, -0.2) is 48.4 Å². The Morgan fingerprint density at radius 3 is 2.83 bits per heavy atom. The van der Waals surface area contributed by atoms with Crippen molar-refractivity contribution in [2.75, 3.05) is 19.5 Å². The van der Waals surface area contributed by atoms with E-state index in [1.165, 1.54) is 19.8 Å². The van der Waals surface area contributed by atoms with Crippen molar-refractivity contribution >= 4 is 32.8 Å². The van der Waals surface area contributed by atoms with E-state index in [1.54, 1.807) is 11.5 Å². The van der Waals surface area contributed by atoms with E-state index in [9.17, 15) is 9.32 Å². The largest absolute Gasteiger partial charge is 0.478 e. The molecule has 24 heavy (non-hydrogen) atoms. The molecule has 2 atom stereocenters. The Kier molecular flexibility index (Phi) is 5.11. The monoisotopic (exact) mass is 358 g/mol. The summed E-state index contributed by atoms with van der Waals surface area (Å²) >= 11 is 0. The average Bonchev–Trinajstić information content (AvgIpc) is 2.95. The Morgan fingerprint density at radius 1 is 1.50 bits per heavy atom. The molecule has 2 unspecified atom stereocenters. The predicted octanol–water partition coefficient (Wildman–Crippen LogP) is -0.161. The first-order valence-electron chi connectivity index (χ1n) is 6.58. The van der Waals surface area contributed by atoms with E-state index in [2.05, 4.69) is 20.8 Å². The molecule has 0 aliphatic carbocycles. The number of rotatable bonds is 7. The third kappa shape index (κ3) is 4.04. The van der Waals surface area contributed by atoms with E-state index in [1.807, 2.05) is 0 Å². The van der Waals surface area contributed by atoms with E-state index in [4.69, 9.17) is 24.5 Å². The van der Waals surface area contributed by atoms with Gasteiger partial charge in [0, 0.05) is 0 Å². The van der Waals surface area contributed by atoms with Crippen LogP contribution in [0.25, 0.3) is 11.2 Å². The fraction of sp³-hybridized carbons (Fsp3) is 0.333. The van der Waals surface area contributed by atoms with E-state index in [0.29, 0.717) is 11.2 Å². The number of imidazole rings is 1. The number of aliphatic hydroxyl groups excluding tert-OH is 1. The van der Waals surface area contributed by atoms with Crippen molar-refractivity contribution in [3.8, 4) is 0 Å². The number of anilines is 1. The molecule has 11 nitrogen and oxygen atoms in total. The van der Waals surface area contributed by atoms with Crippen molar-refractivity contribution in [3.63, 3.8) is 0 Å². The molecule has 0 aliphatic rings. The summed E-state index contributed by atoms with van der Waals surface area (Å²) in [5, 5.41) is 14.9. The highest BCUT2D eigenvalue weighted by atomic mass is 32.2. The van der Waals surface area contributed by atoms with Crippen LogP contribution in [0.5, 0.6) is 0 Å². The molecule has 0 aliphatic heterocycles. The summed E-state index contributed by atoms with van der Waals surface area (Å²) in [6, 6.07) is 0. The van der Waals surface area contributed by atoms with E-state index in [0.717, 1.165) is 0 Å². The molecule has 0 fully saturated rings. The van der Waals surface area contributed by atoms with Gasteiger partial charge < -0.3 is 20.3 Å². The number of fused-ring (bicyclic) bond motifs is 1. The Bertz CT molecular complexity index is 862. The quantitative estimate of drug-likeness (QED) is 0.451. The number of ether oxygens (including phenoxy) is 2. The lowest BCUT2D eigenvalue weighted by Crippen LogP contribution is -2.20. The molecule has 0 aromatic carbocycles. The van der Waals surface area contributed by atoms with Gasteiger partial charge in [0.2, 0.25) is 5.76 Å². The smallest absolute Gasteiger partial charge is 0.318 e. The van der Waals surface area contributed by atoms with E-state index < -0.39 is 28.8 Å². The SMILES string of the molecule is C=S(N)(=O)OC/C(OC(C)n1cnc2c(N)ncnc21)=C(\O)OC. The van der Waals surface area contributed by atoms with Crippen LogP contribution >= 0.6 is 0 Å². The minimum Gasteiger partial charge on any atom is -0.478 e. The van der Waals surface area contributed by atoms with Crippen molar-refractivity contribution in [1.29, 1.82) is 0 Å². The van der Waals surface area contributed by atoms with Crippen molar-refractivity contribution < 1.29 is 23.0 Å². The van der Waals surface area contributed by atoms with Crippen molar-refractivity contribution in [2.24, 2.45) is 5.14 Å². The zero-order chi connectivity index (χ0) is 17.9. The van der Waals surface area contributed by atoms with Crippen LogP contribution in [0.2, 0.25) is 0 Å². The maximum absolute atomic E-state index is 11.3. The molecule has 0 spiro atoms. The normalized spacial score (nSPS) is 16.3. The molecule has 5 N–H and O–H groups in total. The third-order valence-corrected chi connectivity index (χ3v) is 3.43. The van der Waals surface area contributed by atoms with Gasteiger partial charge in [-0.25, -0.2) is 24.3 Å². The first-order valence-corrected chi connectivity index (χ1v) is 8.29. The number of methoxy groups -OCH3 is 1. The summed E-state index contributed by atoms with van der Waals surface area (Å²) < 4.78 is 28.0. The molecule has 0 saturated carbocycles. The van der Waals surface area contributed by atoms with Gasteiger partial charge in [-0.2, -0.15) is 0 Å². The highest BCUT2D eigenvalue weighted by molar-refractivity contribution is 7.93. The number of nitrogens with two attached hydrogens (primary N) is 2. The number of hydrogen-bond donors (Lipinski definition) is 3.